The van der Waals surface area contributed by atoms with Gasteiger partial charge in [0.2, 0.25) is 5.91 Å². The van der Waals surface area contributed by atoms with Gasteiger partial charge in [-0.25, -0.2) is 4.79 Å². The van der Waals surface area contributed by atoms with Gasteiger partial charge in [0.25, 0.3) is 0 Å². The van der Waals surface area contributed by atoms with E-state index in [0.717, 1.165) is 0 Å². The average Bonchev–Trinajstić information content (AvgIpc) is 2.54. The number of nitrogens with two attached hydrogens (primary N) is 2. The molecule has 0 bridgehead atoms. The van der Waals surface area contributed by atoms with Crippen LogP contribution in [0.5, 0.6) is 0 Å². The molecule has 0 unspecified atom stereocenters. The van der Waals surface area contributed by atoms with E-state index in [-0.39, 0.29) is 18.7 Å². The first kappa shape index (κ1) is 13.0. The van der Waals surface area contributed by atoms with Crippen LogP contribution in [0.15, 0.2) is 0 Å². The van der Waals surface area contributed by atoms with E-state index in [1.54, 1.807) is 6.92 Å². The number of hydrogen-bond acceptors (Lipinski definition) is 5. The van der Waals surface area contributed by atoms with Crippen LogP contribution in [0, 0.1) is 6.92 Å². The van der Waals surface area contributed by atoms with Crippen molar-refractivity contribution in [3.05, 3.63) is 11.4 Å². The van der Waals surface area contributed by atoms with Crippen LogP contribution in [0.25, 0.3) is 0 Å². The van der Waals surface area contributed by atoms with Crippen molar-refractivity contribution in [2.24, 2.45) is 5.73 Å². The van der Waals surface area contributed by atoms with E-state index in [1.807, 2.05) is 6.92 Å². The van der Waals surface area contributed by atoms with Gasteiger partial charge in [-0.2, -0.15) is 5.10 Å². The summed E-state index contributed by atoms with van der Waals surface area (Å²) in [5.41, 5.74) is 11.8. The smallest absolute Gasteiger partial charge is 0.358 e. The fourth-order valence-electron chi connectivity index (χ4n) is 1.35. The molecule has 0 saturated heterocycles. The number of aromatic nitrogens is 2. The molecule has 4 N–H and O–H groups in total. The molecule has 0 aliphatic rings. The van der Waals surface area contributed by atoms with Gasteiger partial charge in [-0.1, -0.05) is 0 Å². The summed E-state index contributed by atoms with van der Waals surface area (Å²) in [6, 6.07) is 0. The summed E-state index contributed by atoms with van der Waals surface area (Å²) in [6.07, 6.45) is -0.00904. The Kier molecular flexibility index (Phi) is 4.08. The quantitative estimate of drug-likeness (QED) is 0.693. The second kappa shape index (κ2) is 5.33. The van der Waals surface area contributed by atoms with E-state index >= 15 is 0 Å². The van der Waals surface area contributed by atoms with E-state index in [0.29, 0.717) is 17.9 Å². The molecule has 7 nitrogen and oxygen atoms in total. The predicted molar refractivity (Wildman–Crippen MR) is 61.1 cm³/mol. The van der Waals surface area contributed by atoms with Crippen LogP contribution in [0.2, 0.25) is 0 Å². The first-order valence-corrected chi connectivity index (χ1v) is 5.25. The molecule has 0 fully saturated rings. The Labute approximate surface area is 98.7 Å². The standard InChI is InChI=1S/C10H16N4O3/c1-3-14-9(8(12)6(2)13-14)10(16)17-5-4-7(11)15/h3-5,12H2,1-2H3,(H2,11,15). The lowest BCUT2D eigenvalue weighted by molar-refractivity contribution is -0.118. The highest BCUT2D eigenvalue weighted by atomic mass is 16.5. The minimum Gasteiger partial charge on any atom is -0.460 e. The molecule has 94 valence electrons. The molecular weight excluding hydrogens is 224 g/mol. The Morgan fingerprint density at radius 1 is 1.47 bits per heavy atom. The van der Waals surface area contributed by atoms with Crippen LogP contribution in [0.4, 0.5) is 5.69 Å². The zero-order chi connectivity index (χ0) is 13.0. The Bertz CT molecular complexity index is 439. The van der Waals surface area contributed by atoms with E-state index in [1.165, 1.54) is 4.68 Å². The molecule has 1 heterocycles. The van der Waals surface area contributed by atoms with Crippen molar-refractivity contribution in [1.82, 2.24) is 9.78 Å². The number of rotatable bonds is 5. The molecule has 17 heavy (non-hydrogen) atoms. The van der Waals surface area contributed by atoms with Crippen LogP contribution in [-0.4, -0.2) is 28.3 Å². The molecule has 0 aliphatic heterocycles. The first-order chi connectivity index (χ1) is 7.97. The highest BCUT2D eigenvalue weighted by molar-refractivity contribution is 5.94. The zero-order valence-electron chi connectivity index (χ0n) is 9.90. The summed E-state index contributed by atoms with van der Waals surface area (Å²) < 4.78 is 6.36. The summed E-state index contributed by atoms with van der Waals surface area (Å²) in [4.78, 5) is 22.2. The van der Waals surface area contributed by atoms with E-state index in [4.69, 9.17) is 16.2 Å². The lowest BCUT2D eigenvalue weighted by Gasteiger charge is -2.05. The minimum atomic E-state index is -0.591. The number of ether oxygens (including phenoxy) is 1. The number of amides is 1. The summed E-state index contributed by atoms with van der Waals surface area (Å²) in [7, 11) is 0. The zero-order valence-corrected chi connectivity index (χ0v) is 9.90. The molecule has 1 rings (SSSR count). The maximum atomic E-state index is 11.7. The van der Waals surface area contributed by atoms with Gasteiger partial charge >= 0.3 is 5.97 Å². The third-order valence-electron chi connectivity index (χ3n) is 2.25. The molecule has 0 aromatic carbocycles. The summed E-state index contributed by atoms with van der Waals surface area (Å²) in [5, 5.41) is 4.09. The maximum absolute atomic E-state index is 11.7. The second-order valence-corrected chi connectivity index (χ2v) is 3.52. The number of aryl methyl sites for hydroxylation is 2. The maximum Gasteiger partial charge on any atom is 0.358 e. The predicted octanol–water partition coefficient (Wildman–Crippen LogP) is -0.174. The van der Waals surface area contributed by atoms with Gasteiger partial charge in [-0.3, -0.25) is 9.48 Å². The van der Waals surface area contributed by atoms with Crippen molar-refractivity contribution in [2.75, 3.05) is 12.3 Å². The summed E-state index contributed by atoms with van der Waals surface area (Å²) >= 11 is 0. The molecule has 1 aromatic heterocycles. The molecule has 0 atom stereocenters. The SMILES string of the molecule is CCn1nc(C)c(N)c1C(=O)OCCC(N)=O. The number of carbonyl (C=O) groups is 2. The number of nitrogens with zero attached hydrogens (tertiary/aromatic N) is 2. The van der Waals surface area contributed by atoms with E-state index in [2.05, 4.69) is 5.10 Å². The van der Waals surface area contributed by atoms with Gasteiger partial charge in [-0.15, -0.1) is 0 Å². The highest BCUT2D eigenvalue weighted by Crippen LogP contribution is 2.17. The van der Waals surface area contributed by atoms with Crippen molar-refractivity contribution in [2.45, 2.75) is 26.8 Å². The molecule has 7 heteroatoms. The van der Waals surface area contributed by atoms with Crippen molar-refractivity contribution < 1.29 is 14.3 Å². The van der Waals surface area contributed by atoms with Crippen molar-refractivity contribution in [3.8, 4) is 0 Å². The van der Waals surface area contributed by atoms with E-state index in [9.17, 15) is 9.59 Å². The fourth-order valence-corrected chi connectivity index (χ4v) is 1.35. The van der Waals surface area contributed by atoms with Gasteiger partial charge in [0.05, 0.1) is 17.8 Å². The van der Waals surface area contributed by atoms with Crippen LogP contribution < -0.4 is 11.5 Å². The molecule has 1 aromatic rings. The second-order valence-electron chi connectivity index (χ2n) is 3.52. The molecule has 0 spiro atoms. The van der Waals surface area contributed by atoms with Gasteiger partial charge in [0.15, 0.2) is 5.69 Å². The molecule has 0 radical (unpaired) electrons. The lowest BCUT2D eigenvalue weighted by Crippen LogP contribution is -2.18. The third kappa shape index (κ3) is 2.96. The number of primary amides is 1. The Hall–Kier alpha value is -2.05. The van der Waals surface area contributed by atoms with Crippen LogP contribution in [0.3, 0.4) is 0 Å². The molecule has 1 amide bonds. The van der Waals surface area contributed by atoms with Crippen LogP contribution in [0.1, 0.15) is 29.5 Å². The van der Waals surface area contributed by atoms with Gasteiger partial charge in [-0.05, 0) is 13.8 Å². The Balaban J connectivity index is 2.77. The molecule has 0 aliphatic carbocycles. The number of hydrogen-bond donors (Lipinski definition) is 2. The molecular formula is C10H16N4O3. The lowest BCUT2D eigenvalue weighted by atomic mass is 10.3. The van der Waals surface area contributed by atoms with Crippen molar-refractivity contribution >= 4 is 17.6 Å². The summed E-state index contributed by atoms with van der Waals surface area (Å²) in [6.45, 7) is 4.01. The van der Waals surface area contributed by atoms with Gasteiger partial charge in [0, 0.05) is 6.54 Å². The van der Waals surface area contributed by atoms with Crippen LogP contribution in [-0.2, 0) is 16.1 Å². The largest absolute Gasteiger partial charge is 0.460 e. The van der Waals surface area contributed by atoms with E-state index < -0.39 is 11.9 Å². The van der Waals surface area contributed by atoms with Gasteiger partial charge in [0.1, 0.15) is 6.61 Å². The monoisotopic (exact) mass is 240 g/mol. The van der Waals surface area contributed by atoms with Crippen molar-refractivity contribution in [1.29, 1.82) is 0 Å². The number of anilines is 1. The first-order valence-electron chi connectivity index (χ1n) is 5.25. The highest BCUT2D eigenvalue weighted by Gasteiger charge is 2.20. The Morgan fingerprint density at radius 3 is 2.65 bits per heavy atom. The third-order valence-corrected chi connectivity index (χ3v) is 2.25. The van der Waals surface area contributed by atoms with Gasteiger partial charge < -0.3 is 16.2 Å². The minimum absolute atomic E-state index is 0.00904. The topological polar surface area (TPSA) is 113 Å². The summed E-state index contributed by atoms with van der Waals surface area (Å²) in [5.74, 6) is -1.11. The van der Waals surface area contributed by atoms with Crippen LogP contribution >= 0.6 is 0 Å². The average molecular weight is 240 g/mol. The van der Waals surface area contributed by atoms with Crippen molar-refractivity contribution in [3.63, 3.8) is 0 Å². The number of nitrogen functional groups attached to an aromatic ring is 1. The Morgan fingerprint density at radius 2 is 2.12 bits per heavy atom. The molecule has 0 saturated carbocycles. The number of esters is 1. The fraction of sp³-hybridized carbons (Fsp3) is 0.500. The number of carbonyl (C=O) groups excluding carboxylic acids is 2. The normalized spacial score (nSPS) is 10.2.